The summed E-state index contributed by atoms with van der Waals surface area (Å²) in [6.07, 6.45) is 0. The van der Waals surface area contributed by atoms with Gasteiger partial charge in [-0.15, -0.1) is 0 Å². The highest BCUT2D eigenvalue weighted by Gasteiger charge is 1.94. The zero-order valence-corrected chi connectivity index (χ0v) is 5.57. The van der Waals surface area contributed by atoms with Crippen LogP contribution in [-0.4, -0.2) is 11.8 Å². The molecule has 10 heavy (non-hydrogen) atoms. The molecule has 0 radical (unpaired) electrons. The van der Waals surface area contributed by atoms with Crippen molar-refractivity contribution in [2.45, 2.75) is 0 Å². The van der Waals surface area contributed by atoms with Crippen molar-refractivity contribution in [3.8, 4) is 0 Å². The van der Waals surface area contributed by atoms with Gasteiger partial charge >= 0.3 is 0 Å². The van der Waals surface area contributed by atoms with Gasteiger partial charge in [-0.1, -0.05) is 18.2 Å². The largest absolute Gasteiger partial charge is 0.375 e. The summed E-state index contributed by atoms with van der Waals surface area (Å²) < 4.78 is 0. The Balaban J connectivity index is 2.75. The maximum Gasteiger partial charge on any atom is 0.129 e. The molecule has 3 heteroatoms. The average Bonchev–Trinajstić information content (AvgIpc) is 2.05. The maximum absolute atomic E-state index is 8.59. The van der Waals surface area contributed by atoms with Crippen molar-refractivity contribution in [1.82, 2.24) is 0 Å². The molecule has 1 aromatic carbocycles. The van der Waals surface area contributed by atoms with Crippen molar-refractivity contribution in [3.63, 3.8) is 0 Å². The van der Waals surface area contributed by atoms with Gasteiger partial charge in [0.15, 0.2) is 0 Å². The number of hydrazine groups is 1. The quantitative estimate of drug-likeness (QED) is 0.351. The number of hydrogen-bond donors (Lipinski definition) is 2. The molecular weight excluding hydrogens is 128 g/mol. The monoisotopic (exact) mass is 138 g/mol. The number of hydrogen-bond acceptors (Lipinski definition) is 3. The van der Waals surface area contributed by atoms with Crippen molar-refractivity contribution >= 4 is 5.69 Å². The van der Waals surface area contributed by atoms with Gasteiger partial charge in [0.1, 0.15) is 6.73 Å². The standard InChI is InChI=1S/C7H10N2O/c8-9(6-10)7-4-2-1-3-5-7/h1-5,10H,6,8H2. The minimum absolute atomic E-state index is 0.163. The molecule has 3 nitrogen and oxygen atoms in total. The summed E-state index contributed by atoms with van der Waals surface area (Å²) in [4.78, 5) is 0. The molecule has 0 aliphatic rings. The van der Waals surface area contributed by atoms with E-state index in [2.05, 4.69) is 0 Å². The molecule has 0 bridgehead atoms. The first-order valence-electron chi connectivity index (χ1n) is 3.02. The normalized spacial score (nSPS) is 9.40. The topological polar surface area (TPSA) is 49.5 Å². The molecular formula is C7H10N2O. The van der Waals surface area contributed by atoms with Crippen LogP contribution in [0.3, 0.4) is 0 Å². The van der Waals surface area contributed by atoms with Gasteiger partial charge in [0.05, 0.1) is 5.69 Å². The number of nitrogens with zero attached hydrogens (tertiary/aromatic N) is 1. The number of nitrogens with two attached hydrogens (primary N) is 1. The third kappa shape index (κ3) is 1.46. The van der Waals surface area contributed by atoms with Gasteiger partial charge in [0.2, 0.25) is 0 Å². The number of benzene rings is 1. The van der Waals surface area contributed by atoms with Gasteiger partial charge in [-0.05, 0) is 12.1 Å². The van der Waals surface area contributed by atoms with Gasteiger partial charge in [0.25, 0.3) is 0 Å². The van der Waals surface area contributed by atoms with E-state index in [1.807, 2.05) is 30.3 Å². The molecule has 3 N–H and O–H groups in total. The van der Waals surface area contributed by atoms with E-state index in [1.54, 1.807) is 0 Å². The molecule has 0 aliphatic carbocycles. The first-order valence-corrected chi connectivity index (χ1v) is 3.02. The van der Waals surface area contributed by atoms with Gasteiger partial charge in [-0.2, -0.15) is 0 Å². The summed E-state index contributed by atoms with van der Waals surface area (Å²) >= 11 is 0. The lowest BCUT2D eigenvalue weighted by atomic mass is 10.3. The van der Waals surface area contributed by atoms with E-state index in [4.69, 9.17) is 10.9 Å². The summed E-state index contributed by atoms with van der Waals surface area (Å²) in [5, 5.41) is 9.85. The predicted molar refractivity (Wildman–Crippen MR) is 40.2 cm³/mol. The van der Waals surface area contributed by atoms with E-state index in [-0.39, 0.29) is 6.73 Å². The van der Waals surface area contributed by atoms with E-state index in [9.17, 15) is 0 Å². The van der Waals surface area contributed by atoms with Crippen molar-refractivity contribution in [3.05, 3.63) is 30.3 Å². The Labute approximate surface area is 59.7 Å². The van der Waals surface area contributed by atoms with E-state index in [1.165, 1.54) is 5.01 Å². The van der Waals surface area contributed by atoms with E-state index < -0.39 is 0 Å². The van der Waals surface area contributed by atoms with E-state index in [0.717, 1.165) is 5.69 Å². The Kier molecular flexibility index (Phi) is 2.25. The first-order chi connectivity index (χ1) is 4.84. The third-order valence-corrected chi connectivity index (χ3v) is 1.24. The maximum atomic E-state index is 8.59. The lowest BCUT2D eigenvalue weighted by Gasteiger charge is -2.13. The van der Waals surface area contributed by atoms with Crippen molar-refractivity contribution in [1.29, 1.82) is 0 Å². The van der Waals surface area contributed by atoms with Crippen LogP contribution in [0.5, 0.6) is 0 Å². The van der Waals surface area contributed by atoms with Crippen LogP contribution in [-0.2, 0) is 0 Å². The molecule has 0 fully saturated rings. The number of rotatable bonds is 2. The fourth-order valence-corrected chi connectivity index (χ4v) is 0.701. The summed E-state index contributed by atoms with van der Waals surface area (Å²) in [6.45, 7) is -0.163. The second-order valence-corrected chi connectivity index (χ2v) is 1.95. The SMILES string of the molecule is NN(CO)c1ccccc1. The summed E-state index contributed by atoms with van der Waals surface area (Å²) in [5.74, 6) is 5.38. The molecule has 0 saturated carbocycles. The van der Waals surface area contributed by atoms with Crippen LogP contribution >= 0.6 is 0 Å². The lowest BCUT2D eigenvalue weighted by molar-refractivity contribution is 0.292. The molecule has 0 heterocycles. The molecule has 1 rings (SSSR count). The minimum atomic E-state index is -0.163. The van der Waals surface area contributed by atoms with Crippen LogP contribution in [0.1, 0.15) is 0 Å². The van der Waals surface area contributed by atoms with Crippen LogP contribution in [0.4, 0.5) is 5.69 Å². The highest BCUT2D eigenvalue weighted by Crippen LogP contribution is 2.07. The summed E-state index contributed by atoms with van der Waals surface area (Å²) in [5.41, 5.74) is 0.810. The van der Waals surface area contributed by atoms with E-state index in [0.29, 0.717) is 0 Å². The van der Waals surface area contributed by atoms with Crippen LogP contribution < -0.4 is 10.9 Å². The molecule has 0 saturated heterocycles. The molecule has 0 amide bonds. The predicted octanol–water partition coefficient (Wildman–Crippen LogP) is 0.316. The van der Waals surface area contributed by atoms with Gasteiger partial charge in [-0.25, -0.2) is 5.84 Å². The van der Waals surface area contributed by atoms with E-state index >= 15 is 0 Å². The zero-order chi connectivity index (χ0) is 7.40. The molecule has 0 aromatic heterocycles. The second-order valence-electron chi connectivity index (χ2n) is 1.95. The smallest absolute Gasteiger partial charge is 0.129 e. The Morgan fingerprint density at radius 3 is 2.40 bits per heavy atom. The van der Waals surface area contributed by atoms with Crippen molar-refractivity contribution < 1.29 is 5.11 Å². The third-order valence-electron chi connectivity index (χ3n) is 1.24. The van der Waals surface area contributed by atoms with Crippen molar-refractivity contribution in [2.24, 2.45) is 5.84 Å². The van der Waals surface area contributed by atoms with Gasteiger partial charge in [-0.3, -0.25) is 5.01 Å². The molecule has 1 aromatic rings. The number of para-hydroxylation sites is 1. The fourth-order valence-electron chi connectivity index (χ4n) is 0.701. The number of aliphatic hydroxyl groups excluding tert-OH is 1. The Morgan fingerprint density at radius 2 is 1.90 bits per heavy atom. The van der Waals surface area contributed by atoms with Crippen molar-refractivity contribution in [2.75, 3.05) is 11.7 Å². The highest BCUT2D eigenvalue weighted by atomic mass is 16.3. The molecule has 54 valence electrons. The summed E-state index contributed by atoms with van der Waals surface area (Å²) in [7, 11) is 0. The molecule has 0 aliphatic heterocycles. The first kappa shape index (κ1) is 7.05. The fraction of sp³-hybridized carbons (Fsp3) is 0.143. The van der Waals surface area contributed by atoms with Crippen LogP contribution in [0.15, 0.2) is 30.3 Å². The number of anilines is 1. The molecule has 0 unspecified atom stereocenters. The van der Waals surface area contributed by atoms with Crippen LogP contribution in [0.2, 0.25) is 0 Å². The Hall–Kier alpha value is -1.06. The Bertz CT molecular complexity index is 188. The number of aliphatic hydroxyl groups is 1. The lowest BCUT2D eigenvalue weighted by Crippen LogP contribution is -2.31. The molecule has 0 spiro atoms. The van der Waals surface area contributed by atoms with Gasteiger partial charge in [0, 0.05) is 0 Å². The zero-order valence-electron chi connectivity index (χ0n) is 5.57. The average molecular weight is 138 g/mol. The molecule has 0 atom stereocenters. The Morgan fingerprint density at radius 1 is 1.30 bits per heavy atom. The summed E-state index contributed by atoms with van der Waals surface area (Å²) in [6, 6.07) is 9.29. The highest BCUT2D eigenvalue weighted by molar-refractivity contribution is 5.43. The second kappa shape index (κ2) is 3.20. The van der Waals surface area contributed by atoms with Gasteiger partial charge < -0.3 is 5.11 Å². The van der Waals surface area contributed by atoms with Crippen LogP contribution in [0, 0.1) is 0 Å². The van der Waals surface area contributed by atoms with Crippen LogP contribution in [0.25, 0.3) is 0 Å². The minimum Gasteiger partial charge on any atom is -0.375 e.